The summed E-state index contributed by atoms with van der Waals surface area (Å²) in [6.07, 6.45) is 11.9. The summed E-state index contributed by atoms with van der Waals surface area (Å²) in [6.45, 7) is 11.1. The smallest absolute Gasteiger partial charge is 0.0197 e. The molecule has 132 valence electrons. The van der Waals surface area contributed by atoms with Gasteiger partial charge in [-0.2, -0.15) is 0 Å². The second kappa shape index (κ2) is 10.8. The maximum absolute atomic E-state index is 3.49. The predicted molar refractivity (Wildman–Crippen MR) is 113 cm³/mol. The number of hydrogen-bond acceptors (Lipinski definition) is 0. The fraction of sp³-hybridized carbons (Fsp3) is 0.818. The standard InChI is InChI=1S/C20H31I.C2H6/c1-4-16(5-2)9-6-7-11-18-12-13-19-17(15-21)10-8-14-20(18,19)3;1-2/h15-16,18-19H,4-5,7-8,10-14H2,1-3H3;1-2H3/b17-15-;. The first kappa shape index (κ1) is 21.1. The Kier molecular flexibility index (Phi) is 9.90. The number of allylic oxidation sites excluding steroid dienone is 1. The van der Waals surface area contributed by atoms with Crippen molar-refractivity contribution in [2.45, 2.75) is 92.4 Å². The first-order valence-electron chi connectivity index (χ1n) is 9.93. The third-order valence-electron chi connectivity index (χ3n) is 6.21. The highest BCUT2D eigenvalue weighted by Gasteiger charge is 2.48. The van der Waals surface area contributed by atoms with Gasteiger partial charge in [-0.15, -0.1) is 5.92 Å². The highest BCUT2D eigenvalue weighted by Crippen LogP contribution is 2.58. The molecule has 1 heteroatoms. The zero-order chi connectivity index (χ0) is 17.3. The third-order valence-corrected chi connectivity index (χ3v) is 7.01. The number of rotatable bonds is 4. The Labute approximate surface area is 159 Å². The molecule has 0 aromatic rings. The molecule has 0 amide bonds. The molecule has 2 rings (SSSR count). The molecule has 0 spiro atoms. The highest BCUT2D eigenvalue weighted by atomic mass is 127. The zero-order valence-electron chi connectivity index (χ0n) is 16.1. The maximum Gasteiger partial charge on any atom is 0.0197 e. The van der Waals surface area contributed by atoms with Crippen LogP contribution in [-0.4, -0.2) is 0 Å². The monoisotopic (exact) mass is 428 g/mol. The number of fused-ring (bicyclic) bond motifs is 1. The van der Waals surface area contributed by atoms with Crippen molar-refractivity contribution >= 4 is 22.6 Å². The van der Waals surface area contributed by atoms with Gasteiger partial charge in [-0.3, -0.25) is 0 Å². The molecule has 0 nitrogen and oxygen atoms in total. The lowest BCUT2D eigenvalue weighted by Crippen LogP contribution is -2.33. The normalized spacial score (nSPS) is 31.2. The van der Waals surface area contributed by atoms with Crippen LogP contribution in [0.5, 0.6) is 0 Å². The van der Waals surface area contributed by atoms with E-state index in [0.717, 1.165) is 18.3 Å². The Morgan fingerprint density at radius 3 is 2.57 bits per heavy atom. The average Bonchev–Trinajstić information content (AvgIpc) is 2.93. The van der Waals surface area contributed by atoms with Crippen molar-refractivity contribution in [2.75, 3.05) is 0 Å². The maximum atomic E-state index is 3.49. The number of hydrogen-bond donors (Lipinski definition) is 0. The van der Waals surface area contributed by atoms with Crippen molar-refractivity contribution in [2.24, 2.45) is 23.2 Å². The van der Waals surface area contributed by atoms with E-state index in [1.807, 2.05) is 13.8 Å². The molecule has 3 atom stereocenters. The molecular formula is C22H37I. The van der Waals surface area contributed by atoms with Crippen molar-refractivity contribution in [3.63, 3.8) is 0 Å². The van der Waals surface area contributed by atoms with Crippen molar-refractivity contribution in [1.29, 1.82) is 0 Å². The van der Waals surface area contributed by atoms with Gasteiger partial charge < -0.3 is 0 Å². The van der Waals surface area contributed by atoms with Crippen LogP contribution in [0.3, 0.4) is 0 Å². The summed E-state index contributed by atoms with van der Waals surface area (Å²) < 4.78 is 2.38. The molecule has 23 heavy (non-hydrogen) atoms. The van der Waals surface area contributed by atoms with Crippen molar-refractivity contribution in [3.8, 4) is 11.8 Å². The van der Waals surface area contributed by atoms with E-state index in [-0.39, 0.29) is 0 Å². The Morgan fingerprint density at radius 1 is 1.26 bits per heavy atom. The fourth-order valence-electron chi connectivity index (χ4n) is 4.71. The molecule has 2 saturated carbocycles. The Bertz CT molecular complexity index is 421. The van der Waals surface area contributed by atoms with Gasteiger partial charge in [0, 0.05) is 12.3 Å². The van der Waals surface area contributed by atoms with Crippen LogP contribution >= 0.6 is 22.6 Å². The summed E-state index contributed by atoms with van der Waals surface area (Å²) in [6, 6.07) is 0. The van der Waals surface area contributed by atoms with E-state index in [1.165, 1.54) is 51.4 Å². The van der Waals surface area contributed by atoms with Crippen LogP contribution in [-0.2, 0) is 0 Å². The largest absolute Gasteiger partial charge is 0.103 e. The lowest BCUT2D eigenvalue weighted by atomic mass is 9.63. The van der Waals surface area contributed by atoms with Gasteiger partial charge in [0.25, 0.3) is 0 Å². The first-order valence-corrected chi connectivity index (χ1v) is 11.2. The van der Waals surface area contributed by atoms with E-state index in [9.17, 15) is 0 Å². The summed E-state index contributed by atoms with van der Waals surface area (Å²) >= 11 is 2.46. The molecule has 0 aromatic heterocycles. The van der Waals surface area contributed by atoms with E-state index < -0.39 is 0 Å². The zero-order valence-corrected chi connectivity index (χ0v) is 18.2. The van der Waals surface area contributed by atoms with Crippen LogP contribution in [0.25, 0.3) is 0 Å². The third kappa shape index (κ3) is 5.25. The molecule has 2 fully saturated rings. The Hall–Kier alpha value is 0.0300. The lowest BCUT2D eigenvalue weighted by Gasteiger charge is -2.42. The summed E-state index contributed by atoms with van der Waals surface area (Å²) in [5, 5.41) is 0. The number of halogens is 1. The van der Waals surface area contributed by atoms with E-state index >= 15 is 0 Å². The molecule has 0 aromatic carbocycles. The molecular weight excluding hydrogens is 391 g/mol. The fourth-order valence-corrected chi connectivity index (χ4v) is 5.45. The van der Waals surface area contributed by atoms with E-state index in [1.54, 1.807) is 5.57 Å². The molecule has 2 aliphatic rings. The predicted octanol–water partition coefficient (Wildman–Crippen LogP) is 7.77. The first-order chi connectivity index (χ1) is 11.2. The molecule has 0 saturated heterocycles. The second-order valence-electron chi connectivity index (χ2n) is 7.24. The van der Waals surface area contributed by atoms with Crippen molar-refractivity contribution < 1.29 is 0 Å². The second-order valence-corrected chi connectivity index (χ2v) is 7.87. The van der Waals surface area contributed by atoms with Crippen LogP contribution in [0.4, 0.5) is 0 Å². The molecule has 0 heterocycles. The van der Waals surface area contributed by atoms with Crippen molar-refractivity contribution in [1.82, 2.24) is 0 Å². The molecule has 3 unspecified atom stereocenters. The van der Waals surface area contributed by atoms with Crippen LogP contribution in [0, 0.1) is 35.0 Å². The lowest BCUT2D eigenvalue weighted by molar-refractivity contribution is 0.131. The quantitative estimate of drug-likeness (QED) is 0.317. The Morgan fingerprint density at radius 2 is 1.96 bits per heavy atom. The van der Waals surface area contributed by atoms with Crippen LogP contribution in [0.1, 0.15) is 92.4 Å². The van der Waals surface area contributed by atoms with Gasteiger partial charge in [-0.1, -0.05) is 68.7 Å². The van der Waals surface area contributed by atoms with Crippen LogP contribution in [0.15, 0.2) is 9.66 Å². The van der Waals surface area contributed by atoms with Gasteiger partial charge in [-0.05, 0) is 72.7 Å². The van der Waals surface area contributed by atoms with Crippen LogP contribution < -0.4 is 0 Å². The SMILES string of the molecule is CC.CCC(C#CCCC1CCC2/C(=C\I)CCCC12C)CC. The van der Waals surface area contributed by atoms with E-state index in [4.69, 9.17) is 0 Å². The molecule has 0 bridgehead atoms. The van der Waals surface area contributed by atoms with Crippen molar-refractivity contribution in [3.05, 3.63) is 9.66 Å². The molecule has 2 aliphatic carbocycles. The summed E-state index contributed by atoms with van der Waals surface area (Å²) in [5.74, 6) is 9.38. The van der Waals surface area contributed by atoms with Gasteiger partial charge in [0.05, 0.1) is 0 Å². The Balaban J connectivity index is 0.00000127. The van der Waals surface area contributed by atoms with E-state index in [0.29, 0.717) is 11.3 Å². The van der Waals surface area contributed by atoms with Gasteiger partial charge in [0.1, 0.15) is 0 Å². The minimum Gasteiger partial charge on any atom is -0.103 e. The minimum atomic E-state index is 0.575. The highest BCUT2D eigenvalue weighted by molar-refractivity contribution is 14.1. The topological polar surface area (TPSA) is 0 Å². The van der Waals surface area contributed by atoms with Gasteiger partial charge in [-0.25, -0.2) is 0 Å². The van der Waals surface area contributed by atoms with Gasteiger partial charge in [0.2, 0.25) is 0 Å². The molecule has 0 radical (unpaired) electrons. The summed E-state index contributed by atoms with van der Waals surface area (Å²) in [4.78, 5) is 0. The minimum absolute atomic E-state index is 0.575. The van der Waals surface area contributed by atoms with Gasteiger partial charge in [0.15, 0.2) is 0 Å². The van der Waals surface area contributed by atoms with Crippen LogP contribution in [0.2, 0.25) is 0 Å². The summed E-state index contributed by atoms with van der Waals surface area (Å²) in [5.41, 5.74) is 2.32. The summed E-state index contributed by atoms with van der Waals surface area (Å²) in [7, 11) is 0. The molecule has 0 N–H and O–H groups in total. The van der Waals surface area contributed by atoms with E-state index in [2.05, 4.69) is 59.3 Å². The van der Waals surface area contributed by atoms with Gasteiger partial charge >= 0.3 is 0 Å². The molecule has 0 aliphatic heterocycles. The average molecular weight is 428 g/mol.